The van der Waals surface area contributed by atoms with Crippen LogP contribution in [-0.4, -0.2) is 31.1 Å². The van der Waals surface area contributed by atoms with Gasteiger partial charge in [0.1, 0.15) is 11.3 Å². The van der Waals surface area contributed by atoms with E-state index in [2.05, 4.69) is 12.2 Å². The first-order valence-electron chi connectivity index (χ1n) is 9.54. The normalized spacial score (nSPS) is 19.2. The molecule has 1 aromatic carbocycles. The van der Waals surface area contributed by atoms with Gasteiger partial charge in [-0.2, -0.15) is 0 Å². The highest BCUT2D eigenvalue weighted by Crippen LogP contribution is 2.24. The monoisotopic (exact) mass is 387 g/mol. The van der Waals surface area contributed by atoms with Gasteiger partial charge in [-0.3, -0.25) is 4.79 Å². The third kappa shape index (κ3) is 5.12. The molecule has 1 N–H and O–H groups in total. The number of esters is 1. The minimum Gasteiger partial charge on any atom is -0.482 e. The fraction of sp³-hybridized carbons (Fsp3) is 0.476. The molecule has 1 fully saturated rings. The first-order chi connectivity index (χ1) is 13.4. The summed E-state index contributed by atoms with van der Waals surface area (Å²) < 4.78 is 15.5. The van der Waals surface area contributed by atoms with E-state index in [1.54, 1.807) is 18.2 Å². The van der Waals surface area contributed by atoms with Crippen LogP contribution in [-0.2, 0) is 14.3 Å². The minimum absolute atomic E-state index is 0.145. The number of hydrogen-bond acceptors (Lipinski definition) is 6. The van der Waals surface area contributed by atoms with Crippen molar-refractivity contribution in [3.05, 3.63) is 40.2 Å². The van der Waals surface area contributed by atoms with Gasteiger partial charge in [0.15, 0.2) is 13.2 Å². The number of aryl methyl sites for hydroxylation is 1. The fourth-order valence-electron chi connectivity index (χ4n) is 3.50. The zero-order valence-electron chi connectivity index (χ0n) is 16.2. The lowest BCUT2D eigenvalue weighted by atomic mass is 9.86. The molecule has 1 aliphatic rings. The molecule has 28 heavy (non-hydrogen) atoms. The number of rotatable bonds is 6. The molecular formula is C21H25NO6. The van der Waals surface area contributed by atoms with Crippen molar-refractivity contribution >= 4 is 22.8 Å². The van der Waals surface area contributed by atoms with Gasteiger partial charge in [0.2, 0.25) is 0 Å². The maximum Gasteiger partial charge on any atom is 0.344 e. The SMILES string of the molecule is Cc1cc(=O)oc2cc(OCC(=O)OCC(=O)N[C@@H]3CCCC[C@H]3C)ccc12. The molecule has 1 saturated carbocycles. The van der Waals surface area contributed by atoms with E-state index in [1.165, 1.54) is 12.5 Å². The highest BCUT2D eigenvalue weighted by Gasteiger charge is 2.23. The van der Waals surface area contributed by atoms with Gasteiger partial charge in [-0.1, -0.05) is 19.8 Å². The van der Waals surface area contributed by atoms with E-state index in [9.17, 15) is 14.4 Å². The Balaban J connectivity index is 1.47. The highest BCUT2D eigenvalue weighted by atomic mass is 16.6. The van der Waals surface area contributed by atoms with Gasteiger partial charge in [-0.05, 0) is 43.4 Å². The lowest BCUT2D eigenvalue weighted by Gasteiger charge is -2.29. The van der Waals surface area contributed by atoms with E-state index < -0.39 is 11.6 Å². The second-order valence-electron chi connectivity index (χ2n) is 7.29. The zero-order chi connectivity index (χ0) is 20.1. The van der Waals surface area contributed by atoms with Crippen LogP contribution in [0.3, 0.4) is 0 Å². The summed E-state index contributed by atoms with van der Waals surface area (Å²) in [5, 5.41) is 3.72. The quantitative estimate of drug-likeness (QED) is 0.605. The van der Waals surface area contributed by atoms with E-state index in [1.807, 2.05) is 6.92 Å². The molecule has 0 aliphatic heterocycles. The third-order valence-electron chi connectivity index (χ3n) is 5.10. The standard InChI is InChI=1S/C21H25NO6/c1-13-5-3-4-6-17(13)22-19(23)11-27-21(25)12-26-15-7-8-16-14(2)9-20(24)28-18(16)10-15/h7-10,13,17H,3-6,11-12H2,1-2H3,(H,22,23)/t13-,17-/m1/s1. The average Bonchev–Trinajstić information content (AvgIpc) is 2.66. The molecule has 7 nitrogen and oxygen atoms in total. The average molecular weight is 387 g/mol. The Morgan fingerprint density at radius 1 is 1.18 bits per heavy atom. The van der Waals surface area contributed by atoms with Gasteiger partial charge in [0, 0.05) is 23.6 Å². The Morgan fingerprint density at radius 2 is 1.96 bits per heavy atom. The van der Waals surface area contributed by atoms with Gasteiger partial charge in [0.05, 0.1) is 0 Å². The lowest BCUT2D eigenvalue weighted by molar-refractivity contribution is -0.150. The molecule has 0 unspecified atom stereocenters. The van der Waals surface area contributed by atoms with Crippen molar-refractivity contribution in [1.82, 2.24) is 5.32 Å². The number of nitrogens with one attached hydrogen (secondary N) is 1. The summed E-state index contributed by atoms with van der Waals surface area (Å²) in [7, 11) is 0. The summed E-state index contributed by atoms with van der Waals surface area (Å²) in [6, 6.07) is 6.55. The molecular weight excluding hydrogens is 362 g/mol. The molecule has 150 valence electrons. The van der Waals surface area contributed by atoms with E-state index in [0.717, 1.165) is 30.2 Å². The van der Waals surface area contributed by atoms with Crippen LogP contribution < -0.4 is 15.7 Å². The first-order valence-corrected chi connectivity index (χ1v) is 9.54. The largest absolute Gasteiger partial charge is 0.482 e. The van der Waals surface area contributed by atoms with E-state index >= 15 is 0 Å². The second kappa shape index (κ2) is 8.91. The van der Waals surface area contributed by atoms with Crippen LogP contribution in [0.1, 0.15) is 38.2 Å². The smallest absolute Gasteiger partial charge is 0.344 e. The van der Waals surface area contributed by atoms with Crippen molar-refractivity contribution in [2.45, 2.75) is 45.6 Å². The van der Waals surface area contributed by atoms with Crippen LogP contribution in [0.4, 0.5) is 0 Å². The van der Waals surface area contributed by atoms with Gasteiger partial charge in [0.25, 0.3) is 5.91 Å². The van der Waals surface area contributed by atoms with Gasteiger partial charge in [-0.15, -0.1) is 0 Å². The number of carbonyl (C=O) groups is 2. The number of hydrogen-bond donors (Lipinski definition) is 1. The number of benzene rings is 1. The van der Waals surface area contributed by atoms with Crippen LogP contribution in [0.15, 0.2) is 33.5 Å². The molecule has 1 amide bonds. The van der Waals surface area contributed by atoms with Crippen molar-refractivity contribution in [3.63, 3.8) is 0 Å². The molecule has 1 aliphatic carbocycles. The maximum atomic E-state index is 12.0. The van der Waals surface area contributed by atoms with Crippen molar-refractivity contribution in [2.24, 2.45) is 5.92 Å². The van der Waals surface area contributed by atoms with Crippen LogP contribution in [0.5, 0.6) is 5.75 Å². The summed E-state index contributed by atoms with van der Waals surface area (Å²) in [4.78, 5) is 35.3. The lowest BCUT2D eigenvalue weighted by Crippen LogP contribution is -2.43. The number of fused-ring (bicyclic) bond motifs is 1. The molecule has 7 heteroatoms. The summed E-state index contributed by atoms with van der Waals surface area (Å²) in [5.41, 5.74) is 0.743. The van der Waals surface area contributed by atoms with E-state index in [4.69, 9.17) is 13.9 Å². The highest BCUT2D eigenvalue weighted by molar-refractivity contribution is 5.82. The van der Waals surface area contributed by atoms with Gasteiger partial charge >= 0.3 is 11.6 Å². The maximum absolute atomic E-state index is 12.0. The molecule has 0 bridgehead atoms. The van der Waals surface area contributed by atoms with Crippen LogP contribution in [0, 0.1) is 12.8 Å². The number of carbonyl (C=O) groups excluding carboxylic acids is 2. The van der Waals surface area contributed by atoms with Crippen LogP contribution >= 0.6 is 0 Å². The number of ether oxygens (including phenoxy) is 2. The Morgan fingerprint density at radius 3 is 2.75 bits per heavy atom. The Kier molecular flexibility index (Phi) is 6.34. The van der Waals surface area contributed by atoms with E-state index in [0.29, 0.717) is 17.3 Å². The molecule has 3 rings (SSSR count). The zero-order valence-corrected chi connectivity index (χ0v) is 16.2. The Hall–Kier alpha value is -2.83. The number of amides is 1. The Bertz CT molecular complexity index is 919. The summed E-state index contributed by atoms with van der Waals surface area (Å²) in [6.07, 6.45) is 4.36. The third-order valence-corrected chi connectivity index (χ3v) is 5.10. The van der Waals surface area contributed by atoms with Crippen molar-refractivity contribution in [1.29, 1.82) is 0 Å². The first kappa shape index (κ1) is 19.9. The second-order valence-corrected chi connectivity index (χ2v) is 7.29. The van der Waals surface area contributed by atoms with E-state index in [-0.39, 0.29) is 25.2 Å². The topological polar surface area (TPSA) is 94.8 Å². The molecule has 2 aromatic rings. The van der Waals surface area contributed by atoms with Crippen molar-refractivity contribution < 1.29 is 23.5 Å². The molecule has 1 heterocycles. The van der Waals surface area contributed by atoms with Crippen molar-refractivity contribution in [2.75, 3.05) is 13.2 Å². The van der Waals surface area contributed by atoms with Crippen molar-refractivity contribution in [3.8, 4) is 5.75 Å². The minimum atomic E-state index is -0.641. The molecule has 2 atom stereocenters. The Labute approximate surface area is 163 Å². The fourth-order valence-corrected chi connectivity index (χ4v) is 3.50. The summed E-state index contributed by atoms with van der Waals surface area (Å²) >= 11 is 0. The predicted octanol–water partition coefficient (Wildman–Crippen LogP) is 2.72. The summed E-state index contributed by atoms with van der Waals surface area (Å²) in [5.74, 6) is -0.125. The van der Waals surface area contributed by atoms with Gasteiger partial charge < -0.3 is 19.2 Å². The molecule has 0 spiro atoms. The summed E-state index contributed by atoms with van der Waals surface area (Å²) in [6.45, 7) is 3.28. The molecule has 0 radical (unpaired) electrons. The van der Waals surface area contributed by atoms with Gasteiger partial charge in [-0.25, -0.2) is 9.59 Å². The molecule has 0 saturated heterocycles. The van der Waals surface area contributed by atoms with Crippen LogP contribution in [0.25, 0.3) is 11.0 Å². The molecule has 1 aromatic heterocycles. The van der Waals surface area contributed by atoms with Crippen LogP contribution in [0.2, 0.25) is 0 Å². The predicted molar refractivity (Wildman–Crippen MR) is 103 cm³/mol.